The van der Waals surface area contributed by atoms with E-state index in [-0.39, 0.29) is 5.75 Å². The van der Waals surface area contributed by atoms with E-state index in [2.05, 4.69) is 50.2 Å². The van der Waals surface area contributed by atoms with Gasteiger partial charge in [-0.05, 0) is 62.9 Å². The van der Waals surface area contributed by atoms with Crippen LogP contribution < -0.4 is 15.0 Å². The highest BCUT2D eigenvalue weighted by Gasteiger charge is 2.71. The largest absolute Gasteiger partial charge is 0.491 e. The summed E-state index contributed by atoms with van der Waals surface area (Å²) in [5.41, 5.74) is 3.73. The van der Waals surface area contributed by atoms with Crippen LogP contribution in [0.15, 0.2) is 48.7 Å². The molecule has 8 rings (SSSR count). The molecular formula is C35H32F3N7OS2. The number of thiazole rings is 2. The van der Waals surface area contributed by atoms with Crippen molar-refractivity contribution in [3.05, 3.63) is 76.0 Å². The van der Waals surface area contributed by atoms with Gasteiger partial charge in [0.2, 0.25) is 0 Å². The zero-order valence-corrected chi connectivity index (χ0v) is 27.8. The molecule has 13 heteroatoms. The van der Waals surface area contributed by atoms with Gasteiger partial charge in [0.05, 0.1) is 23.4 Å². The molecule has 246 valence electrons. The van der Waals surface area contributed by atoms with Crippen LogP contribution in [0.3, 0.4) is 0 Å². The van der Waals surface area contributed by atoms with E-state index >= 15 is 0 Å². The Hall–Kier alpha value is -4.25. The number of halogens is 3. The SMILES string of the molecule is Cc1c(Nc2nc3ccccc3s2)nnc2c1CCCN2c1ncc(CCCOc2ccc(C#CCN3C[C@@H]4[C@H](C3)C4(F)F)cc2F)s1. The lowest BCUT2D eigenvalue weighted by Crippen LogP contribution is -2.27. The van der Waals surface area contributed by atoms with Gasteiger partial charge in [-0.15, -0.1) is 21.5 Å². The topological polar surface area (TPSA) is 79.3 Å². The molecule has 5 heterocycles. The molecule has 0 amide bonds. The molecule has 1 saturated carbocycles. The van der Waals surface area contributed by atoms with E-state index in [1.54, 1.807) is 34.8 Å². The Morgan fingerprint density at radius 2 is 1.96 bits per heavy atom. The predicted octanol–water partition coefficient (Wildman–Crippen LogP) is 7.38. The summed E-state index contributed by atoms with van der Waals surface area (Å²) in [6.45, 7) is 4.42. The highest BCUT2D eigenvalue weighted by atomic mass is 32.1. The summed E-state index contributed by atoms with van der Waals surface area (Å²) in [6, 6.07) is 12.7. The highest BCUT2D eigenvalue weighted by molar-refractivity contribution is 7.22. The van der Waals surface area contributed by atoms with Gasteiger partial charge in [-0.3, -0.25) is 4.90 Å². The van der Waals surface area contributed by atoms with Crippen LogP contribution in [-0.2, 0) is 12.8 Å². The maximum absolute atomic E-state index is 14.7. The van der Waals surface area contributed by atoms with Gasteiger partial charge in [-0.25, -0.2) is 23.1 Å². The third-order valence-corrected chi connectivity index (χ3v) is 11.3. The number of likely N-dealkylation sites (tertiary alicyclic amines) is 1. The van der Waals surface area contributed by atoms with Crippen molar-refractivity contribution in [2.24, 2.45) is 11.8 Å². The van der Waals surface area contributed by atoms with Gasteiger partial charge >= 0.3 is 0 Å². The van der Waals surface area contributed by atoms with Gasteiger partial charge in [0.25, 0.3) is 5.92 Å². The van der Waals surface area contributed by atoms with Crippen LogP contribution in [0.2, 0.25) is 0 Å². The zero-order valence-electron chi connectivity index (χ0n) is 26.2. The molecule has 1 aliphatic carbocycles. The number of anilines is 4. The second-order valence-corrected chi connectivity index (χ2v) is 14.6. The fourth-order valence-electron chi connectivity index (χ4n) is 6.54. The fourth-order valence-corrected chi connectivity index (χ4v) is 8.39. The summed E-state index contributed by atoms with van der Waals surface area (Å²) in [4.78, 5) is 14.6. The molecule has 5 aromatic rings. The number of aromatic nitrogens is 4. The van der Waals surface area contributed by atoms with Gasteiger partial charge in [0.1, 0.15) is 0 Å². The molecular weight excluding hydrogens is 656 g/mol. The van der Waals surface area contributed by atoms with Gasteiger partial charge in [-0.2, -0.15) is 0 Å². The van der Waals surface area contributed by atoms with E-state index in [0.29, 0.717) is 38.2 Å². The molecule has 0 spiro atoms. The van der Waals surface area contributed by atoms with Crippen LogP contribution in [0.5, 0.6) is 5.75 Å². The van der Waals surface area contributed by atoms with Gasteiger partial charge < -0.3 is 15.0 Å². The number of benzene rings is 2. The Kier molecular flexibility index (Phi) is 8.18. The second kappa shape index (κ2) is 12.7. The molecule has 1 saturated heterocycles. The molecule has 0 unspecified atom stereocenters. The van der Waals surface area contributed by atoms with Crippen molar-refractivity contribution in [3.8, 4) is 17.6 Å². The number of nitrogens with zero attached hydrogens (tertiary/aromatic N) is 6. The number of alkyl halides is 2. The van der Waals surface area contributed by atoms with E-state index in [0.717, 1.165) is 68.4 Å². The molecule has 0 bridgehead atoms. The molecule has 2 aromatic carbocycles. The third-order valence-electron chi connectivity index (χ3n) is 9.25. The van der Waals surface area contributed by atoms with Gasteiger partial charge in [0, 0.05) is 59.2 Å². The lowest BCUT2D eigenvalue weighted by molar-refractivity contribution is 0.0560. The van der Waals surface area contributed by atoms with E-state index in [1.807, 2.05) is 29.3 Å². The number of aryl methyl sites for hydroxylation is 1. The number of rotatable bonds is 9. The smallest absolute Gasteiger partial charge is 0.257 e. The maximum Gasteiger partial charge on any atom is 0.257 e. The lowest BCUT2D eigenvalue weighted by atomic mass is 10.0. The molecule has 8 nitrogen and oxygen atoms in total. The molecule has 3 aliphatic rings. The number of ether oxygens (including phenoxy) is 1. The first-order chi connectivity index (χ1) is 23.3. The minimum absolute atomic E-state index is 0.184. The number of piperidine rings is 1. The number of para-hydroxylation sites is 1. The third kappa shape index (κ3) is 6.08. The van der Waals surface area contributed by atoms with Crippen LogP contribution in [-0.4, -0.2) is 63.8 Å². The van der Waals surface area contributed by atoms with Crippen LogP contribution >= 0.6 is 22.7 Å². The Morgan fingerprint density at radius 1 is 1.10 bits per heavy atom. The normalized spacial score (nSPS) is 19.5. The van der Waals surface area contributed by atoms with Crippen molar-refractivity contribution in [1.82, 2.24) is 25.1 Å². The summed E-state index contributed by atoms with van der Waals surface area (Å²) in [7, 11) is 0. The summed E-state index contributed by atoms with van der Waals surface area (Å²) in [5.74, 6) is 3.66. The maximum atomic E-state index is 14.7. The van der Waals surface area contributed by atoms with Crippen molar-refractivity contribution in [3.63, 3.8) is 0 Å². The standard InChI is InChI=1S/C35H32F3N7OS2/c1-21-24-9-5-15-45(32(24)43-42-31(21)41-33-40-28-10-2-3-11-30(28)48-33)34-39-18-23(47-34)8-6-16-46-29-13-12-22(17-27(29)36)7-4-14-44-19-25-26(20-44)35(25,37)38/h2-3,10-13,17-18,25-26H,5-6,8-9,14-16,19-20H2,1H3,(H,40,41,42)/t25-,26+. The summed E-state index contributed by atoms with van der Waals surface area (Å²) >= 11 is 3.22. The fraction of sp³-hybridized carbons (Fsp3) is 0.371. The van der Waals surface area contributed by atoms with E-state index in [4.69, 9.17) is 9.72 Å². The Morgan fingerprint density at radius 3 is 2.79 bits per heavy atom. The minimum Gasteiger partial charge on any atom is -0.491 e. The van der Waals surface area contributed by atoms with Crippen molar-refractivity contribution >= 4 is 54.8 Å². The van der Waals surface area contributed by atoms with Crippen molar-refractivity contribution in [2.45, 2.75) is 38.5 Å². The van der Waals surface area contributed by atoms with Gasteiger partial charge in [0.15, 0.2) is 33.5 Å². The van der Waals surface area contributed by atoms with E-state index < -0.39 is 23.6 Å². The number of hydrogen-bond acceptors (Lipinski definition) is 10. The summed E-state index contributed by atoms with van der Waals surface area (Å²) in [6.07, 6.45) is 5.26. The quantitative estimate of drug-likeness (QED) is 0.127. The molecule has 0 radical (unpaired) electrons. The van der Waals surface area contributed by atoms with Crippen LogP contribution in [0, 0.1) is 36.4 Å². The average molecular weight is 688 g/mol. The second-order valence-electron chi connectivity index (χ2n) is 12.4. The average Bonchev–Trinajstić information content (AvgIpc) is 3.65. The molecule has 2 fully saturated rings. The summed E-state index contributed by atoms with van der Waals surface area (Å²) < 4.78 is 48.3. The first kappa shape index (κ1) is 31.0. The van der Waals surface area contributed by atoms with E-state index in [1.165, 1.54) is 11.6 Å². The van der Waals surface area contributed by atoms with Crippen LogP contribution in [0.1, 0.15) is 34.4 Å². The zero-order chi connectivity index (χ0) is 32.8. The molecule has 1 N–H and O–H groups in total. The molecule has 3 aromatic heterocycles. The van der Waals surface area contributed by atoms with Crippen molar-refractivity contribution < 1.29 is 17.9 Å². The lowest BCUT2D eigenvalue weighted by Gasteiger charge is -2.28. The Bertz CT molecular complexity index is 2010. The van der Waals surface area contributed by atoms with Crippen molar-refractivity contribution in [2.75, 3.05) is 43.0 Å². The van der Waals surface area contributed by atoms with E-state index in [9.17, 15) is 13.2 Å². The minimum atomic E-state index is -2.50. The summed E-state index contributed by atoms with van der Waals surface area (Å²) in [5, 5.41) is 14.2. The molecule has 2 atom stereocenters. The van der Waals surface area contributed by atoms with Crippen LogP contribution in [0.4, 0.5) is 35.1 Å². The molecule has 2 aliphatic heterocycles. The Labute approximate surface area is 284 Å². The van der Waals surface area contributed by atoms with Crippen LogP contribution in [0.25, 0.3) is 10.2 Å². The van der Waals surface area contributed by atoms with Crippen molar-refractivity contribution in [1.29, 1.82) is 0 Å². The highest BCUT2D eigenvalue weighted by Crippen LogP contribution is 2.59. The number of fused-ring (bicyclic) bond motifs is 3. The van der Waals surface area contributed by atoms with Gasteiger partial charge in [-0.1, -0.05) is 35.3 Å². The first-order valence-electron chi connectivity index (χ1n) is 16.1. The monoisotopic (exact) mass is 687 g/mol. The molecule has 48 heavy (non-hydrogen) atoms. The first-order valence-corrected chi connectivity index (χ1v) is 17.7. The predicted molar refractivity (Wildman–Crippen MR) is 183 cm³/mol. The number of nitrogens with one attached hydrogen (secondary N) is 1. The Balaban J connectivity index is 0.838. The number of hydrogen-bond donors (Lipinski definition) is 1.